The van der Waals surface area contributed by atoms with Crippen LogP contribution in [0.15, 0.2) is 0 Å². The second-order valence-corrected chi connectivity index (χ2v) is 7.34. The van der Waals surface area contributed by atoms with Gasteiger partial charge in [0.2, 0.25) is 11.8 Å². The van der Waals surface area contributed by atoms with Crippen molar-refractivity contribution in [2.24, 2.45) is 5.92 Å². The number of hydrogen-bond donors (Lipinski definition) is 1. The molecule has 0 radical (unpaired) electrons. The molecule has 0 spiro atoms. The summed E-state index contributed by atoms with van der Waals surface area (Å²) in [6.45, 7) is 3.77. The molecule has 3 amide bonds. The summed E-state index contributed by atoms with van der Waals surface area (Å²) < 4.78 is 10.3. The highest BCUT2D eigenvalue weighted by atomic mass is 16.6. The van der Waals surface area contributed by atoms with Gasteiger partial charge in [0.05, 0.1) is 12.6 Å². The van der Waals surface area contributed by atoms with Crippen molar-refractivity contribution in [1.29, 1.82) is 0 Å². The van der Waals surface area contributed by atoms with Crippen LogP contribution in [0.4, 0.5) is 4.79 Å². The lowest BCUT2D eigenvalue weighted by atomic mass is 9.92. The maximum absolute atomic E-state index is 12.3. The fraction of sp³-hybridized carbons (Fsp3) is 0.833. The quantitative estimate of drug-likeness (QED) is 0.717. The number of likely N-dealkylation sites (tertiary alicyclic amines) is 1. The molecule has 0 aliphatic carbocycles. The topological polar surface area (TPSA) is 88.2 Å². The minimum absolute atomic E-state index is 0.0170. The molecular formula is C18H29N3O5. The first-order chi connectivity index (χ1) is 12.6. The first kappa shape index (κ1) is 18.9. The van der Waals surface area contributed by atoms with E-state index in [4.69, 9.17) is 9.47 Å². The number of cyclic esters (lactones) is 1. The largest absolute Gasteiger partial charge is 0.448 e. The SMILES string of the molecule is O=C(CCC1CCN(C(=O)CN2CCOC2=O)CC1)NCC1CCCO1. The fourth-order valence-corrected chi connectivity index (χ4v) is 3.76. The predicted octanol–water partition coefficient (Wildman–Crippen LogP) is 0.753. The van der Waals surface area contributed by atoms with E-state index in [2.05, 4.69) is 5.32 Å². The first-order valence-corrected chi connectivity index (χ1v) is 9.69. The van der Waals surface area contributed by atoms with Crippen molar-refractivity contribution in [3.05, 3.63) is 0 Å². The molecule has 8 nitrogen and oxygen atoms in total. The maximum atomic E-state index is 12.3. The van der Waals surface area contributed by atoms with Crippen LogP contribution in [0.3, 0.4) is 0 Å². The van der Waals surface area contributed by atoms with Crippen LogP contribution in [0.5, 0.6) is 0 Å². The number of nitrogens with one attached hydrogen (secondary N) is 1. The molecule has 0 aromatic heterocycles. The van der Waals surface area contributed by atoms with E-state index in [9.17, 15) is 14.4 Å². The van der Waals surface area contributed by atoms with Crippen LogP contribution in [-0.2, 0) is 19.1 Å². The van der Waals surface area contributed by atoms with E-state index in [1.807, 2.05) is 4.90 Å². The Kier molecular flexibility index (Phi) is 6.71. The molecule has 3 saturated heterocycles. The number of piperidine rings is 1. The summed E-state index contributed by atoms with van der Waals surface area (Å²) >= 11 is 0. The number of hydrogen-bond acceptors (Lipinski definition) is 5. The molecule has 0 saturated carbocycles. The molecule has 0 aromatic rings. The number of nitrogens with zero attached hydrogens (tertiary/aromatic N) is 2. The zero-order chi connectivity index (χ0) is 18.4. The molecule has 1 N–H and O–H groups in total. The van der Waals surface area contributed by atoms with Crippen LogP contribution in [0.2, 0.25) is 0 Å². The Hall–Kier alpha value is -1.83. The summed E-state index contributed by atoms with van der Waals surface area (Å²) in [5.41, 5.74) is 0. The summed E-state index contributed by atoms with van der Waals surface area (Å²) in [7, 11) is 0. The van der Waals surface area contributed by atoms with Crippen molar-refractivity contribution < 1.29 is 23.9 Å². The molecule has 0 aromatic carbocycles. The van der Waals surface area contributed by atoms with Crippen LogP contribution in [0.25, 0.3) is 0 Å². The highest BCUT2D eigenvalue weighted by Gasteiger charge is 2.28. The van der Waals surface area contributed by atoms with Crippen LogP contribution in [0, 0.1) is 5.92 Å². The minimum atomic E-state index is -0.401. The van der Waals surface area contributed by atoms with E-state index in [-0.39, 0.29) is 24.5 Å². The Morgan fingerprint density at radius 1 is 1.12 bits per heavy atom. The van der Waals surface area contributed by atoms with Gasteiger partial charge in [-0.3, -0.25) is 14.5 Å². The maximum Gasteiger partial charge on any atom is 0.410 e. The molecule has 26 heavy (non-hydrogen) atoms. The zero-order valence-corrected chi connectivity index (χ0v) is 15.3. The van der Waals surface area contributed by atoms with Gasteiger partial charge in [-0.25, -0.2) is 4.79 Å². The Labute approximate surface area is 154 Å². The highest BCUT2D eigenvalue weighted by Crippen LogP contribution is 2.22. The summed E-state index contributed by atoms with van der Waals surface area (Å²) in [6.07, 6.45) is 5.11. The second kappa shape index (κ2) is 9.21. The molecule has 3 aliphatic heterocycles. The van der Waals surface area contributed by atoms with E-state index >= 15 is 0 Å². The predicted molar refractivity (Wildman–Crippen MR) is 93.4 cm³/mol. The lowest BCUT2D eigenvalue weighted by molar-refractivity contribution is -0.133. The van der Waals surface area contributed by atoms with Gasteiger partial charge in [0.25, 0.3) is 0 Å². The van der Waals surface area contributed by atoms with Gasteiger partial charge in [0.1, 0.15) is 13.2 Å². The smallest absolute Gasteiger partial charge is 0.410 e. The number of carbonyl (C=O) groups is 3. The molecule has 3 aliphatic rings. The van der Waals surface area contributed by atoms with Crippen molar-refractivity contribution in [1.82, 2.24) is 15.1 Å². The molecular weight excluding hydrogens is 338 g/mol. The molecule has 3 rings (SSSR count). The summed E-state index contributed by atoms with van der Waals surface area (Å²) in [6, 6.07) is 0. The van der Waals surface area contributed by atoms with Crippen LogP contribution in [0.1, 0.15) is 38.5 Å². The number of rotatable bonds is 7. The number of amides is 3. The third kappa shape index (κ3) is 5.33. The molecule has 3 heterocycles. The normalized spacial score (nSPS) is 24.0. The van der Waals surface area contributed by atoms with Crippen molar-refractivity contribution >= 4 is 17.9 Å². The fourth-order valence-electron chi connectivity index (χ4n) is 3.76. The van der Waals surface area contributed by atoms with E-state index < -0.39 is 6.09 Å². The third-order valence-electron chi connectivity index (χ3n) is 5.47. The van der Waals surface area contributed by atoms with Gasteiger partial charge in [-0.1, -0.05) is 0 Å². The van der Waals surface area contributed by atoms with E-state index in [0.717, 1.165) is 38.7 Å². The van der Waals surface area contributed by atoms with Gasteiger partial charge in [-0.2, -0.15) is 0 Å². The van der Waals surface area contributed by atoms with Crippen molar-refractivity contribution in [2.45, 2.75) is 44.6 Å². The van der Waals surface area contributed by atoms with Gasteiger partial charge in [-0.15, -0.1) is 0 Å². The lowest BCUT2D eigenvalue weighted by Crippen LogP contribution is -2.44. The molecule has 1 unspecified atom stereocenters. The van der Waals surface area contributed by atoms with Crippen molar-refractivity contribution in [2.75, 3.05) is 45.9 Å². The van der Waals surface area contributed by atoms with Gasteiger partial charge < -0.3 is 19.7 Å². The number of carbonyl (C=O) groups excluding carboxylic acids is 3. The molecule has 3 fully saturated rings. The highest BCUT2D eigenvalue weighted by molar-refractivity contribution is 5.83. The Bertz CT molecular complexity index is 513. The third-order valence-corrected chi connectivity index (χ3v) is 5.47. The van der Waals surface area contributed by atoms with Gasteiger partial charge in [-0.05, 0) is 38.0 Å². The van der Waals surface area contributed by atoms with Gasteiger partial charge in [0, 0.05) is 32.7 Å². The minimum Gasteiger partial charge on any atom is -0.448 e. The number of ether oxygens (including phenoxy) is 2. The Morgan fingerprint density at radius 3 is 2.58 bits per heavy atom. The average Bonchev–Trinajstić information content (AvgIpc) is 3.31. The average molecular weight is 367 g/mol. The molecule has 8 heteroatoms. The van der Waals surface area contributed by atoms with E-state index in [1.165, 1.54) is 4.90 Å². The van der Waals surface area contributed by atoms with Crippen molar-refractivity contribution in [3.63, 3.8) is 0 Å². The molecule has 0 bridgehead atoms. The Morgan fingerprint density at radius 2 is 1.92 bits per heavy atom. The lowest BCUT2D eigenvalue weighted by Gasteiger charge is -2.32. The second-order valence-electron chi connectivity index (χ2n) is 7.34. The van der Waals surface area contributed by atoms with Crippen LogP contribution in [-0.4, -0.2) is 79.7 Å². The molecule has 1 atom stereocenters. The zero-order valence-electron chi connectivity index (χ0n) is 15.3. The van der Waals surface area contributed by atoms with E-state index in [0.29, 0.717) is 45.1 Å². The monoisotopic (exact) mass is 367 g/mol. The van der Waals surface area contributed by atoms with Gasteiger partial charge in [0.15, 0.2) is 0 Å². The van der Waals surface area contributed by atoms with Gasteiger partial charge >= 0.3 is 6.09 Å². The summed E-state index contributed by atoms with van der Waals surface area (Å²) in [5, 5.41) is 2.96. The standard InChI is InChI=1S/C18H29N3O5/c22-16(19-12-15-2-1-10-25-15)4-3-14-5-7-20(8-6-14)17(23)13-21-9-11-26-18(21)24/h14-15H,1-13H2,(H,19,22). The summed E-state index contributed by atoms with van der Waals surface area (Å²) in [4.78, 5) is 38.9. The van der Waals surface area contributed by atoms with Crippen LogP contribution < -0.4 is 5.32 Å². The first-order valence-electron chi connectivity index (χ1n) is 9.69. The Balaban J connectivity index is 1.28. The van der Waals surface area contributed by atoms with Crippen LogP contribution >= 0.6 is 0 Å². The van der Waals surface area contributed by atoms with Crippen molar-refractivity contribution in [3.8, 4) is 0 Å². The summed E-state index contributed by atoms with van der Waals surface area (Å²) in [5.74, 6) is 0.549. The molecule has 146 valence electrons. The van der Waals surface area contributed by atoms with E-state index in [1.54, 1.807) is 0 Å².